The lowest BCUT2D eigenvalue weighted by Gasteiger charge is -2.11. The molecule has 6 heteroatoms. The Morgan fingerprint density at radius 2 is 2.12 bits per heavy atom. The number of hydrogen-bond donors (Lipinski definition) is 0. The maximum absolute atomic E-state index is 11.4. The van der Waals surface area contributed by atoms with E-state index in [0.717, 1.165) is 10.2 Å². The van der Waals surface area contributed by atoms with Crippen molar-refractivity contribution in [3.8, 4) is 0 Å². The molecule has 0 bridgehead atoms. The molecule has 1 aliphatic rings. The van der Waals surface area contributed by atoms with E-state index in [1.54, 1.807) is 0 Å². The van der Waals surface area contributed by atoms with Gasteiger partial charge >= 0.3 is 0 Å². The topological polar surface area (TPSA) is 41.9 Å². The van der Waals surface area contributed by atoms with E-state index in [9.17, 15) is 4.79 Å². The number of hydrogen-bond acceptors (Lipinski definition) is 4. The molecule has 0 spiro atoms. The van der Waals surface area contributed by atoms with Gasteiger partial charge in [0.25, 0.3) is 5.91 Å². The van der Waals surface area contributed by atoms with Crippen molar-refractivity contribution in [3.05, 3.63) is 28.7 Å². The SMILES string of the molecule is CON1C(=O)CSC1=Nc1ccc(Br)cc1. The van der Waals surface area contributed by atoms with Gasteiger partial charge in [0.1, 0.15) is 0 Å². The zero-order valence-electron chi connectivity index (χ0n) is 8.51. The smallest absolute Gasteiger partial charge is 0.263 e. The van der Waals surface area contributed by atoms with Gasteiger partial charge < -0.3 is 0 Å². The molecule has 1 aromatic carbocycles. The summed E-state index contributed by atoms with van der Waals surface area (Å²) in [5, 5.41) is 1.79. The molecular formula is C10H9BrN2O2S. The van der Waals surface area contributed by atoms with Crippen molar-refractivity contribution in [1.29, 1.82) is 0 Å². The van der Waals surface area contributed by atoms with E-state index in [1.807, 2.05) is 24.3 Å². The molecule has 0 saturated carbocycles. The van der Waals surface area contributed by atoms with E-state index >= 15 is 0 Å². The Bertz CT molecular complexity index is 433. The van der Waals surface area contributed by atoms with Crippen LogP contribution in [-0.2, 0) is 9.63 Å². The monoisotopic (exact) mass is 300 g/mol. The Morgan fingerprint density at radius 1 is 1.44 bits per heavy atom. The molecule has 1 saturated heterocycles. The summed E-state index contributed by atoms with van der Waals surface area (Å²) in [6.45, 7) is 0. The largest absolute Gasteiger partial charge is 0.271 e. The van der Waals surface area contributed by atoms with E-state index < -0.39 is 0 Å². The van der Waals surface area contributed by atoms with Crippen molar-refractivity contribution in [2.45, 2.75) is 0 Å². The van der Waals surface area contributed by atoms with E-state index in [4.69, 9.17) is 4.84 Å². The lowest BCUT2D eigenvalue weighted by molar-refractivity contribution is -0.151. The fourth-order valence-electron chi connectivity index (χ4n) is 1.23. The number of nitrogens with zero attached hydrogens (tertiary/aromatic N) is 2. The van der Waals surface area contributed by atoms with Crippen LogP contribution in [0.3, 0.4) is 0 Å². The molecule has 0 aliphatic carbocycles. The first-order valence-electron chi connectivity index (χ1n) is 4.55. The Balaban J connectivity index is 2.24. The number of carbonyl (C=O) groups excluding carboxylic acids is 1. The summed E-state index contributed by atoms with van der Waals surface area (Å²) in [5.74, 6) is 0.298. The molecule has 1 amide bonds. The first-order chi connectivity index (χ1) is 7.70. The van der Waals surface area contributed by atoms with Crippen molar-refractivity contribution < 1.29 is 9.63 Å². The molecule has 1 aromatic rings. The number of thioether (sulfide) groups is 1. The molecule has 84 valence electrons. The molecular weight excluding hydrogens is 292 g/mol. The van der Waals surface area contributed by atoms with E-state index in [2.05, 4.69) is 20.9 Å². The van der Waals surface area contributed by atoms with Gasteiger partial charge in [-0.2, -0.15) is 5.06 Å². The van der Waals surface area contributed by atoms with Crippen LogP contribution >= 0.6 is 27.7 Å². The van der Waals surface area contributed by atoms with Crippen molar-refractivity contribution in [3.63, 3.8) is 0 Å². The molecule has 0 radical (unpaired) electrons. The van der Waals surface area contributed by atoms with E-state index in [1.165, 1.54) is 23.9 Å². The highest BCUT2D eigenvalue weighted by Crippen LogP contribution is 2.24. The van der Waals surface area contributed by atoms with Crippen LogP contribution in [0.2, 0.25) is 0 Å². The van der Waals surface area contributed by atoms with Crippen LogP contribution in [0, 0.1) is 0 Å². The number of benzene rings is 1. The van der Waals surface area contributed by atoms with Crippen molar-refractivity contribution in [2.75, 3.05) is 12.9 Å². The average molecular weight is 301 g/mol. The third-order valence-electron chi connectivity index (χ3n) is 1.96. The minimum atomic E-state index is -0.0802. The summed E-state index contributed by atoms with van der Waals surface area (Å²) in [6, 6.07) is 7.54. The molecule has 0 N–H and O–H groups in total. The van der Waals surface area contributed by atoms with Gasteiger partial charge in [0.15, 0.2) is 5.17 Å². The lowest BCUT2D eigenvalue weighted by atomic mass is 10.3. The fourth-order valence-corrected chi connectivity index (χ4v) is 2.33. The second kappa shape index (κ2) is 4.99. The molecule has 1 fully saturated rings. The predicted octanol–water partition coefficient (Wildman–Crippen LogP) is 2.57. The molecule has 2 rings (SSSR count). The second-order valence-corrected chi connectivity index (χ2v) is 4.89. The van der Waals surface area contributed by atoms with Gasteiger partial charge in [-0.05, 0) is 24.3 Å². The van der Waals surface area contributed by atoms with Crippen LogP contribution in [0.25, 0.3) is 0 Å². The van der Waals surface area contributed by atoms with Crippen molar-refractivity contribution in [1.82, 2.24) is 5.06 Å². The average Bonchev–Trinajstić information content (AvgIpc) is 2.63. The molecule has 4 nitrogen and oxygen atoms in total. The zero-order chi connectivity index (χ0) is 11.5. The van der Waals surface area contributed by atoms with Gasteiger partial charge in [-0.15, -0.1) is 0 Å². The molecule has 16 heavy (non-hydrogen) atoms. The van der Waals surface area contributed by atoms with Crippen molar-refractivity contribution in [2.24, 2.45) is 4.99 Å². The number of amidine groups is 1. The highest BCUT2D eigenvalue weighted by atomic mass is 79.9. The maximum Gasteiger partial charge on any atom is 0.263 e. The molecule has 1 aliphatic heterocycles. The number of rotatable bonds is 2. The van der Waals surface area contributed by atoms with Crippen LogP contribution in [0.15, 0.2) is 33.7 Å². The zero-order valence-corrected chi connectivity index (χ0v) is 10.9. The normalized spacial score (nSPS) is 18.5. The second-order valence-electron chi connectivity index (χ2n) is 3.03. The van der Waals surface area contributed by atoms with Gasteiger partial charge in [0, 0.05) is 4.47 Å². The quantitative estimate of drug-likeness (QED) is 0.843. The summed E-state index contributed by atoms with van der Waals surface area (Å²) in [7, 11) is 1.46. The van der Waals surface area contributed by atoms with Crippen molar-refractivity contribution >= 4 is 44.5 Å². The maximum atomic E-state index is 11.4. The lowest BCUT2D eigenvalue weighted by Crippen LogP contribution is -2.27. The summed E-state index contributed by atoms with van der Waals surface area (Å²) in [4.78, 5) is 20.6. The molecule has 0 aromatic heterocycles. The highest BCUT2D eigenvalue weighted by molar-refractivity contribution is 9.10. The molecule has 0 unspecified atom stereocenters. The van der Waals surface area contributed by atoms with Gasteiger partial charge in [-0.25, -0.2) is 4.99 Å². The van der Waals surface area contributed by atoms with Crippen LogP contribution in [-0.4, -0.2) is 29.0 Å². The third kappa shape index (κ3) is 2.45. The number of hydroxylamine groups is 2. The Labute approximate surface area is 106 Å². The van der Waals surface area contributed by atoms with Gasteiger partial charge in [0.05, 0.1) is 18.6 Å². The standard InChI is InChI=1S/C10H9BrN2O2S/c1-15-13-9(14)6-16-10(13)12-8-4-2-7(11)3-5-8/h2-5H,6H2,1H3. The molecule has 0 atom stereocenters. The number of halogens is 1. The summed E-state index contributed by atoms with van der Waals surface area (Å²) in [5.41, 5.74) is 0.794. The Morgan fingerprint density at radius 3 is 2.75 bits per heavy atom. The van der Waals surface area contributed by atoms with Gasteiger partial charge in [0.2, 0.25) is 0 Å². The summed E-state index contributed by atoms with van der Waals surface area (Å²) in [6.07, 6.45) is 0. The summed E-state index contributed by atoms with van der Waals surface area (Å²) >= 11 is 4.72. The number of carbonyl (C=O) groups is 1. The Kier molecular flexibility index (Phi) is 3.63. The van der Waals surface area contributed by atoms with E-state index in [0.29, 0.717) is 10.9 Å². The van der Waals surface area contributed by atoms with Crippen LogP contribution in [0.5, 0.6) is 0 Å². The first-order valence-corrected chi connectivity index (χ1v) is 6.32. The van der Waals surface area contributed by atoms with Gasteiger partial charge in [-0.1, -0.05) is 27.7 Å². The minimum Gasteiger partial charge on any atom is -0.271 e. The highest BCUT2D eigenvalue weighted by Gasteiger charge is 2.28. The fraction of sp³-hybridized carbons (Fsp3) is 0.200. The third-order valence-corrected chi connectivity index (χ3v) is 3.39. The summed E-state index contributed by atoms with van der Waals surface area (Å²) < 4.78 is 0.996. The van der Waals surface area contributed by atoms with Crippen LogP contribution in [0.4, 0.5) is 5.69 Å². The minimum absolute atomic E-state index is 0.0802. The van der Waals surface area contributed by atoms with E-state index in [-0.39, 0.29) is 5.91 Å². The van der Waals surface area contributed by atoms with Gasteiger partial charge in [-0.3, -0.25) is 9.63 Å². The predicted molar refractivity (Wildman–Crippen MR) is 67.6 cm³/mol. The Hall–Kier alpha value is -0.850. The first kappa shape index (κ1) is 11.6. The molecule has 1 heterocycles. The number of amides is 1. The van der Waals surface area contributed by atoms with Crippen LogP contribution < -0.4 is 0 Å². The van der Waals surface area contributed by atoms with Crippen LogP contribution in [0.1, 0.15) is 0 Å². The number of aliphatic imine (C=N–C) groups is 1.